The highest BCUT2D eigenvalue weighted by Crippen LogP contribution is 2.22. The molecule has 4 rings (SSSR count). The number of ether oxygens (including phenoxy) is 2. The first-order valence-electron chi connectivity index (χ1n) is 10.4. The van der Waals surface area contributed by atoms with Crippen molar-refractivity contribution in [1.82, 2.24) is 9.55 Å². The fourth-order valence-corrected chi connectivity index (χ4v) is 3.46. The van der Waals surface area contributed by atoms with E-state index < -0.39 is 17.7 Å². The molecule has 2 N–H and O–H groups in total. The van der Waals surface area contributed by atoms with Gasteiger partial charge in [-0.3, -0.25) is 9.88 Å². The molecule has 0 fully saturated rings. The Labute approximate surface area is 192 Å². The van der Waals surface area contributed by atoms with Crippen LogP contribution >= 0.6 is 0 Å². The molecule has 2 heterocycles. The summed E-state index contributed by atoms with van der Waals surface area (Å²) in [5.41, 5.74) is 1.80. The molecular weight excluding hydrogens is 442 g/mol. The summed E-state index contributed by atoms with van der Waals surface area (Å²) in [4.78, 5) is 50.7. The van der Waals surface area contributed by atoms with E-state index in [1.165, 1.54) is 16.7 Å². The number of hydrogen-bond donors (Lipinski definition) is 2. The lowest BCUT2D eigenvalue weighted by Gasteiger charge is -2.10. The van der Waals surface area contributed by atoms with E-state index in [1.54, 1.807) is 56.4 Å². The predicted octanol–water partition coefficient (Wildman–Crippen LogP) is 3.51. The molecule has 0 saturated carbocycles. The van der Waals surface area contributed by atoms with Crippen LogP contribution in [0.15, 0.2) is 68.7 Å². The molecule has 2 aromatic heterocycles. The van der Waals surface area contributed by atoms with E-state index in [0.29, 0.717) is 22.3 Å². The Morgan fingerprint density at radius 2 is 1.82 bits per heavy atom. The minimum absolute atomic E-state index is 0.163. The van der Waals surface area contributed by atoms with Crippen molar-refractivity contribution in [3.8, 4) is 5.69 Å². The number of benzene rings is 2. The molecular formula is C24H21N3O7. The number of aromatic amines is 1. The number of H-pyrrole nitrogens is 1. The zero-order chi connectivity index (χ0) is 24.2. The summed E-state index contributed by atoms with van der Waals surface area (Å²) in [6.07, 6.45) is 0.970. The van der Waals surface area contributed by atoms with E-state index in [2.05, 4.69) is 10.3 Å². The molecule has 0 aliphatic heterocycles. The van der Waals surface area contributed by atoms with Crippen LogP contribution < -0.4 is 16.6 Å². The van der Waals surface area contributed by atoms with Gasteiger partial charge < -0.3 is 18.9 Å². The average molecular weight is 463 g/mol. The van der Waals surface area contributed by atoms with Crippen LogP contribution in [-0.2, 0) is 16.1 Å². The van der Waals surface area contributed by atoms with Gasteiger partial charge >= 0.3 is 23.4 Å². The molecule has 0 bridgehead atoms. The van der Waals surface area contributed by atoms with E-state index >= 15 is 0 Å². The van der Waals surface area contributed by atoms with Gasteiger partial charge in [0.25, 0.3) is 0 Å². The van der Waals surface area contributed by atoms with Crippen molar-refractivity contribution in [2.24, 2.45) is 0 Å². The first kappa shape index (κ1) is 22.6. The number of esters is 1. The molecule has 1 amide bonds. The summed E-state index contributed by atoms with van der Waals surface area (Å²) in [5.74, 6) is -0.591. The Bertz CT molecular complexity index is 1480. The smallest absolute Gasteiger partial charge is 0.411 e. The molecule has 0 aliphatic rings. The van der Waals surface area contributed by atoms with Gasteiger partial charge in [-0.05, 0) is 50.2 Å². The fraction of sp³-hybridized carbons (Fsp3) is 0.167. The number of carbonyl (C=O) groups excluding carboxylic acids is 2. The summed E-state index contributed by atoms with van der Waals surface area (Å²) < 4.78 is 16.9. The number of hydrogen-bond acceptors (Lipinski definition) is 7. The molecule has 0 aliphatic carbocycles. The van der Waals surface area contributed by atoms with Crippen LogP contribution in [0.4, 0.5) is 10.5 Å². The highest BCUT2D eigenvalue weighted by molar-refractivity contribution is 5.91. The van der Waals surface area contributed by atoms with E-state index in [-0.39, 0.29) is 30.0 Å². The SMILES string of the molecule is CCOC(=O)Nc1ccc2c(COC(=O)c3ccc(-n4c(C)c[nH]c4=O)cc3)cc(=O)oc2c1. The van der Waals surface area contributed by atoms with Gasteiger partial charge in [0, 0.05) is 40.7 Å². The van der Waals surface area contributed by atoms with Crippen LogP contribution in [0.1, 0.15) is 28.5 Å². The number of carbonyl (C=O) groups is 2. The lowest BCUT2D eigenvalue weighted by atomic mass is 10.1. The maximum absolute atomic E-state index is 12.5. The summed E-state index contributed by atoms with van der Waals surface area (Å²) in [6, 6.07) is 12.4. The largest absolute Gasteiger partial charge is 0.457 e. The van der Waals surface area contributed by atoms with Gasteiger partial charge in [-0.15, -0.1) is 0 Å². The number of nitrogens with zero attached hydrogens (tertiary/aromatic N) is 1. The number of nitrogens with one attached hydrogen (secondary N) is 2. The second-order valence-electron chi connectivity index (χ2n) is 7.34. The Hall–Kier alpha value is -4.60. The minimum Gasteiger partial charge on any atom is -0.457 e. The van der Waals surface area contributed by atoms with E-state index in [1.807, 2.05) is 0 Å². The van der Waals surface area contributed by atoms with Crippen molar-refractivity contribution in [2.45, 2.75) is 20.5 Å². The Morgan fingerprint density at radius 1 is 1.06 bits per heavy atom. The molecule has 0 saturated heterocycles. The predicted molar refractivity (Wildman–Crippen MR) is 123 cm³/mol. The number of fused-ring (bicyclic) bond motifs is 1. The van der Waals surface area contributed by atoms with Crippen LogP contribution in [0.2, 0.25) is 0 Å². The molecule has 0 radical (unpaired) electrons. The third kappa shape index (κ3) is 4.75. The van der Waals surface area contributed by atoms with Crippen molar-refractivity contribution in [1.29, 1.82) is 0 Å². The summed E-state index contributed by atoms with van der Waals surface area (Å²) in [6.45, 7) is 3.53. The van der Waals surface area contributed by atoms with Gasteiger partial charge in [0.2, 0.25) is 0 Å². The number of imidazole rings is 1. The molecule has 2 aromatic carbocycles. The van der Waals surface area contributed by atoms with Crippen molar-refractivity contribution < 1.29 is 23.5 Å². The van der Waals surface area contributed by atoms with Crippen molar-refractivity contribution in [2.75, 3.05) is 11.9 Å². The Kier molecular flexibility index (Phi) is 6.30. The average Bonchev–Trinajstić information content (AvgIpc) is 3.15. The molecule has 0 unspecified atom stereocenters. The van der Waals surface area contributed by atoms with Gasteiger partial charge in [0.1, 0.15) is 12.2 Å². The lowest BCUT2D eigenvalue weighted by Crippen LogP contribution is -2.16. The topological polar surface area (TPSA) is 133 Å². The second-order valence-corrected chi connectivity index (χ2v) is 7.34. The molecule has 0 spiro atoms. The third-order valence-electron chi connectivity index (χ3n) is 5.03. The van der Waals surface area contributed by atoms with E-state index in [0.717, 1.165) is 5.69 Å². The number of rotatable bonds is 6. The van der Waals surface area contributed by atoms with Crippen molar-refractivity contribution in [3.05, 3.63) is 92.5 Å². The molecule has 10 nitrogen and oxygen atoms in total. The van der Waals surface area contributed by atoms with Gasteiger partial charge in [0.05, 0.1) is 17.9 Å². The van der Waals surface area contributed by atoms with Crippen LogP contribution in [0.25, 0.3) is 16.7 Å². The number of aromatic nitrogens is 2. The maximum Gasteiger partial charge on any atom is 0.411 e. The minimum atomic E-state index is -0.628. The van der Waals surface area contributed by atoms with Gasteiger partial charge in [-0.25, -0.2) is 19.2 Å². The zero-order valence-corrected chi connectivity index (χ0v) is 18.4. The second kappa shape index (κ2) is 9.49. The Morgan fingerprint density at radius 3 is 2.50 bits per heavy atom. The monoisotopic (exact) mass is 463 g/mol. The normalized spacial score (nSPS) is 10.8. The molecule has 4 aromatic rings. The fourth-order valence-electron chi connectivity index (χ4n) is 3.46. The van der Waals surface area contributed by atoms with Crippen LogP contribution in [0.3, 0.4) is 0 Å². The van der Waals surface area contributed by atoms with E-state index in [9.17, 15) is 19.2 Å². The zero-order valence-electron chi connectivity index (χ0n) is 18.4. The molecule has 0 atom stereocenters. The summed E-state index contributed by atoms with van der Waals surface area (Å²) >= 11 is 0. The van der Waals surface area contributed by atoms with Gasteiger partial charge in [-0.1, -0.05) is 0 Å². The third-order valence-corrected chi connectivity index (χ3v) is 5.03. The highest BCUT2D eigenvalue weighted by atomic mass is 16.5. The van der Waals surface area contributed by atoms with Crippen LogP contribution in [0.5, 0.6) is 0 Å². The van der Waals surface area contributed by atoms with Gasteiger partial charge in [-0.2, -0.15) is 0 Å². The number of anilines is 1. The maximum atomic E-state index is 12.5. The number of aryl methyl sites for hydroxylation is 1. The Balaban J connectivity index is 1.50. The highest BCUT2D eigenvalue weighted by Gasteiger charge is 2.13. The molecule has 10 heteroatoms. The van der Waals surface area contributed by atoms with Gasteiger partial charge in [0.15, 0.2) is 0 Å². The molecule has 174 valence electrons. The first-order valence-corrected chi connectivity index (χ1v) is 10.4. The van der Waals surface area contributed by atoms with Crippen molar-refractivity contribution >= 4 is 28.7 Å². The molecule has 34 heavy (non-hydrogen) atoms. The van der Waals surface area contributed by atoms with Crippen molar-refractivity contribution in [3.63, 3.8) is 0 Å². The standard InChI is InChI=1S/C24H21N3O7/c1-3-32-24(31)26-17-6-9-19-16(10-21(28)34-20(19)11-17)13-33-22(29)15-4-7-18(8-5-15)27-14(2)12-25-23(27)30/h4-12H,3,13H2,1-2H3,(H,25,30)(H,26,31). The summed E-state index contributed by atoms with van der Waals surface area (Å²) in [5, 5.41) is 3.09. The number of amides is 1. The quantitative estimate of drug-likeness (QED) is 0.330. The van der Waals surface area contributed by atoms with E-state index in [4.69, 9.17) is 13.9 Å². The van der Waals surface area contributed by atoms with Crippen LogP contribution in [0, 0.1) is 6.92 Å². The lowest BCUT2D eigenvalue weighted by molar-refractivity contribution is 0.0474. The van der Waals surface area contributed by atoms with Crippen LogP contribution in [-0.4, -0.2) is 28.2 Å². The first-order chi connectivity index (χ1) is 16.4. The summed E-state index contributed by atoms with van der Waals surface area (Å²) in [7, 11) is 0.